The van der Waals surface area contributed by atoms with E-state index in [2.05, 4.69) is 5.92 Å². The highest BCUT2D eigenvalue weighted by Gasteiger charge is 2.20. The summed E-state index contributed by atoms with van der Waals surface area (Å²) in [5.41, 5.74) is -0.953. The Kier molecular flexibility index (Phi) is 3.35. The minimum Gasteiger partial charge on any atom is -0.415 e. The van der Waals surface area contributed by atoms with Gasteiger partial charge < -0.3 is 9.47 Å². The first-order chi connectivity index (χ1) is 7.03. The molecule has 3 heteroatoms. The van der Waals surface area contributed by atoms with Gasteiger partial charge in [0.05, 0.1) is 0 Å². The summed E-state index contributed by atoms with van der Waals surface area (Å²) in [6.07, 6.45) is 4.36. The summed E-state index contributed by atoms with van der Waals surface area (Å²) in [7, 11) is 0. The van der Waals surface area contributed by atoms with Crippen molar-refractivity contribution in [2.45, 2.75) is 19.4 Å². The Labute approximate surface area is 89.0 Å². The predicted molar refractivity (Wildman–Crippen MR) is 56.5 cm³/mol. The van der Waals surface area contributed by atoms with Crippen molar-refractivity contribution in [3.8, 4) is 18.1 Å². The summed E-state index contributed by atoms with van der Waals surface area (Å²) in [5.74, 6) is 2.76. The zero-order valence-electron chi connectivity index (χ0n) is 8.69. The van der Waals surface area contributed by atoms with Crippen molar-refractivity contribution in [3.05, 3.63) is 30.3 Å². The minimum absolute atomic E-state index is 0.426. The molecule has 0 unspecified atom stereocenters. The van der Waals surface area contributed by atoms with Gasteiger partial charge in [-0.3, -0.25) is 0 Å². The van der Waals surface area contributed by atoms with Crippen molar-refractivity contribution >= 4 is 6.16 Å². The van der Waals surface area contributed by atoms with E-state index in [4.69, 9.17) is 15.9 Å². The van der Waals surface area contributed by atoms with Crippen molar-refractivity contribution in [1.82, 2.24) is 0 Å². The first-order valence-corrected chi connectivity index (χ1v) is 4.47. The third-order valence-electron chi connectivity index (χ3n) is 1.63. The van der Waals surface area contributed by atoms with E-state index in [1.807, 2.05) is 6.07 Å². The van der Waals surface area contributed by atoms with Crippen molar-refractivity contribution in [2.75, 3.05) is 0 Å². The fraction of sp³-hybridized carbons (Fsp3) is 0.250. The minimum atomic E-state index is -0.953. The third kappa shape index (κ3) is 3.74. The molecule has 15 heavy (non-hydrogen) atoms. The van der Waals surface area contributed by atoms with Crippen molar-refractivity contribution in [2.24, 2.45) is 0 Å². The van der Waals surface area contributed by atoms with Gasteiger partial charge in [0.25, 0.3) is 0 Å². The van der Waals surface area contributed by atoms with Gasteiger partial charge in [-0.1, -0.05) is 24.1 Å². The molecule has 78 valence electrons. The number of hydrogen-bond acceptors (Lipinski definition) is 3. The van der Waals surface area contributed by atoms with Gasteiger partial charge >= 0.3 is 6.16 Å². The normalized spacial score (nSPS) is 10.2. The second-order valence-electron chi connectivity index (χ2n) is 3.42. The zero-order chi connectivity index (χ0) is 11.3. The Bertz CT molecular complexity index is 374. The van der Waals surface area contributed by atoms with Crippen LogP contribution in [0.25, 0.3) is 0 Å². The van der Waals surface area contributed by atoms with Crippen LogP contribution < -0.4 is 4.74 Å². The van der Waals surface area contributed by atoms with Crippen LogP contribution in [-0.2, 0) is 4.74 Å². The molecule has 0 heterocycles. The molecule has 0 saturated carbocycles. The Morgan fingerprint density at radius 3 is 2.47 bits per heavy atom. The van der Waals surface area contributed by atoms with Gasteiger partial charge in [0.15, 0.2) is 5.60 Å². The highest BCUT2D eigenvalue weighted by atomic mass is 16.7. The maximum atomic E-state index is 11.2. The molecule has 0 N–H and O–H groups in total. The lowest BCUT2D eigenvalue weighted by Gasteiger charge is -2.17. The molecule has 1 aromatic carbocycles. The van der Waals surface area contributed by atoms with Gasteiger partial charge in [-0.2, -0.15) is 0 Å². The van der Waals surface area contributed by atoms with Crippen LogP contribution in [0.5, 0.6) is 5.75 Å². The monoisotopic (exact) mass is 204 g/mol. The molecule has 1 rings (SSSR count). The lowest BCUT2D eigenvalue weighted by atomic mass is 10.2. The number of terminal acetylenes is 1. The molecular weight excluding hydrogens is 192 g/mol. The summed E-state index contributed by atoms with van der Waals surface area (Å²) >= 11 is 0. The second-order valence-corrected chi connectivity index (χ2v) is 3.42. The van der Waals surface area contributed by atoms with Crippen LogP contribution in [0.2, 0.25) is 0 Å². The lowest BCUT2D eigenvalue weighted by Crippen LogP contribution is -2.27. The van der Waals surface area contributed by atoms with E-state index in [1.165, 1.54) is 0 Å². The lowest BCUT2D eigenvalue weighted by molar-refractivity contribution is 0.0418. The molecule has 0 bridgehead atoms. The van der Waals surface area contributed by atoms with Gasteiger partial charge in [-0.15, -0.1) is 6.42 Å². The van der Waals surface area contributed by atoms with Crippen LogP contribution in [0.4, 0.5) is 4.79 Å². The molecule has 0 saturated heterocycles. The summed E-state index contributed by atoms with van der Waals surface area (Å²) in [5, 5.41) is 0. The molecule has 0 radical (unpaired) electrons. The van der Waals surface area contributed by atoms with Gasteiger partial charge in [0.2, 0.25) is 0 Å². The summed E-state index contributed by atoms with van der Waals surface area (Å²) in [4.78, 5) is 11.2. The van der Waals surface area contributed by atoms with E-state index in [0.717, 1.165) is 0 Å². The highest BCUT2D eigenvalue weighted by molar-refractivity contribution is 5.64. The fourth-order valence-corrected chi connectivity index (χ4v) is 0.843. The summed E-state index contributed by atoms with van der Waals surface area (Å²) in [6, 6.07) is 8.65. The molecule has 0 aromatic heterocycles. The van der Waals surface area contributed by atoms with Gasteiger partial charge in [-0.25, -0.2) is 4.79 Å². The average Bonchev–Trinajstić information content (AvgIpc) is 2.18. The SMILES string of the molecule is C#CC(C)(C)OC(=O)Oc1ccccc1. The Balaban J connectivity index is 2.55. The van der Waals surface area contributed by atoms with E-state index in [9.17, 15) is 4.79 Å². The van der Waals surface area contributed by atoms with E-state index < -0.39 is 11.8 Å². The van der Waals surface area contributed by atoms with Crippen molar-refractivity contribution in [1.29, 1.82) is 0 Å². The first-order valence-electron chi connectivity index (χ1n) is 4.47. The number of benzene rings is 1. The standard InChI is InChI=1S/C12H12O3/c1-4-12(2,3)15-11(13)14-10-8-6-5-7-9-10/h1,5-9H,2-3H3. The van der Waals surface area contributed by atoms with Gasteiger partial charge in [0.1, 0.15) is 5.75 Å². The number of rotatable bonds is 2. The number of para-hydroxylation sites is 1. The van der Waals surface area contributed by atoms with E-state index in [-0.39, 0.29) is 0 Å². The topological polar surface area (TPSA) is 35.5 Å². The van der Waals surface area contributed by atoms with Crippen molar-refractivity contribution < 1.29 is 14.3 Å². The summed E-state index contributed by atoms with van der Waals surface area (Å²) < 4.78 is 9.79. The van der Waals surface area contributed by atoms with Gasteiger partial charge in [0, 0.05) is 0 Å². The number of hydrogen-bond donors (Lipinski definition) is 0. The molecule has 0 aliphatic heterocycles. The first kappa shape index (κ1) is 11.1. The zero-order valence-corrected chi connectivity index (χ0v) is 8.69. The third-order valence-corrected chi connectivity index (χ3v) is 1.63. The number of carbonyl (C=O) groups is 1. The van der Waals surface area contributed by atoms with Crippen LogP contribution in [0, 0.1) is 12.3 Å². The van der Waals surface area contributed by atoms with Crippen LogP contribution in [0.15, 0.2) is 30.3 Å². The average molecular weight is 204 g/mol. The predicted octanol–water partition coefficient (Wildman–Crippen LogP) is 2.61. The Hall–Kier alpha value is -1.95. The molecule has 1 aromatic rings. The Morgan fingerprint density at radius 2 is 1.93 bits per heavy atom. The molecule has 0 aliphatic rings. The molecule has 0 atom stereocenters. The molecular formula is C12H12O3. The smallest absolute Gasteiger partial charge is 0.415 e. The molecule has 3 nitrogen and oxygen atoms in total. The maximum Gasteiger partial charge on any atom is 0.515 e. The van der Waals surface area contributed by atoms with Gasteiger partial charge in [-0.05, 0) is 26.0 Å². The molecule has 0 amide bonds. The second kappa shape index (κ2) is 4.52. The maximum absolute atomic E-state index is 11.2. The summed E-state index contributed by atoms with van der Waals surface area (Å²) in [6.45, 7) is 3.22. The quantitative estimate of drug-likeness (QED) is 0.422. The van der Waals surface area contributed by atoms with Crippen LogP contribution in [0.3, 0.4) is 0 Å². The van der Waals surface area contributed by atoms with E-state index in [0.29, 0.717) is 5.75 Å². The van der Waals surface area contributed by atoms with E-state index >= 15 is 0 Å². The van der Waals surface area contributed by atoms with Crippen LogP contribution >= 0.6 is 0 Å². The van der Waals surface area contributed by atoms with E-state index in [1.54, 1.807) is 38.1 Å². The van der Waals surface area contributed by atoms with Crippen LogP contribution in [-0.4, -0.2) is 11.8 Å². The molecule has 0 fully saturated rings. The fourth-order valence-electron chi connectivity index (χ4n) is 0.843. The molecule has 0 aliphatic carbocycles. The van der Waals surface area contributed by atoms with Crippen molar-refractivity contribution in [3.63, 3.8) is 0 Å². The number of carbonyl (C=O) groups excluding carboxylic acids is 1. The Morgan fingerprint density at radius 1 is 1.33 bits per heavy atom. The highest BCUT2D eigenvalue weighted by Crippen LogP contribution is 2.13. The van der Waals surface area contributed by atoms with Crippen LogP contribution in [0.1, 0.15) is 13.8 Å². The number of ether oxygens (including phenoxy) is 2. The largest absolute Gasteiger partial charge is 0.515 e. The molecule has 0 spiro atoms.